The Morgan fingerprint density at radius 3 is 2.39 bits per heavy atom. The fraction of sp³-hybridized carbons (Fsp3) is 0.235. The number of nitrogens with zero attached hydrogens (tertiary/aromatic N) is 1. The van der Waals surface area contributed by atoms with E-state index in [2.05, 4.69) is 77.7 Å². The van der Waals surface area contributed by atoms with Gasteiger partial charge in [0.25, 0.3) is 0 Å². The SMILES string of the molecule is CC1=CC([Si](C)(C)Cl)=C[C]1([Cr+2])c1cccc2cccnc12.[Cl-].[Cl-]. The Balaban J connectivity index is 0.00000132. The molecular formula is C17H17Cl3CrNSi. The van der Waals surface area contributed by atoms with Crippen molar-refractivity contribution in [1.29, 1.82) is 0 Å². The summed E-state index contributed by atoms with van der Waals surface area (Å²) in [6.45, 7) is 6.49. The first kappa shape index (κ1) is 20.8. The van der Waals surface area contributed by atoms with Gasteiger partial charge in [-0.2, -0.15) is 0 Å². The molecule has 2 aromatic rings. The fourth-order valence-corrected chi connectivity index (χ4v) is 4.92. The molecule has 1 nitrogen and oxygen atoms in total. The van der Waals surface area contributed by atoms with E-state index in [0.717, 1.165) is 5.52 Å². The predicted octanol–water partition coefficient (Wildman–Crippen LogP) is -1.15. The Bertz CT molecular complexity index is 777. The van der Waals surface area contributed by atoms with E-state index in [4.69, 9.17) is 11.1 Å². The van der Waals surface area contributed by atoms with Gasteiger partial charge in [-0.05, 0) is 0 Å². The average molecular weight is 422 g/mol. The molecule has 0 saturated heterocycles. The maximum atomic E-state index is 6.63. The van der Waals surface area contributed by atoms with E-state index < -0.39 is 7.38 Å². The summed E-state index contributed by atoms with van der Waals surface area (Å²) in [6.07, 6.45) is 6.40. The molecule has 1 aliphatic rings. The minimum Gasteiger partial charge on any atom is -1.00 e. The second-order valence-corrected chi connectivity index (χ2v) is 13.4. The maximum absolute atomic E-state index is 6.63. The molecule has 1 aromatic carbocycles. The van der Waals surface area contributed by atoms with Crippen LogP contribution in [0.1, 0.15) is 12.5 Å². The molecule has 121 valence electrons. The van der Waals surface area contributed by atoms with E-state index in [1.807, 2.05) is 12.3 Å². The standard InChI is InChI=1S/C17H17ClNSi.2ClH.Cr/c1-12-10-14(20(2,3)18)11-16(12)15-8-4-6-13-7-5-9-19-17(13)15;;;/h4-11H,1-3H3;2*1H;/q;;;+2/p-2. The van der Waals surface area contributed by atoms with Gasteiger partial charge >= 0.3 is 140 Å². The van der Waals surface area contributed by atoms with Gasteiger partial charge in [-0.1, -0.05) is 0 Å². The minimum atomic E-state index is -1.84. The largest absolute Gasteiger partial charge is 1.00 e. The Hall–Kier alpha value is -0.271. The van der Waals surface area contributed by atoms with Crippen molar-refractivity contribution in [2.24, 2.45) is 0 Å². The molecule has 0 amide bonds. The van der Waals surface area contributed by atoms with E-state index in [-0.39, 0.29) is 29.1 Å². The number of aromatic nitrogens is 1. The van der Waals surface area contributed by atoms with Gasteiger partial charge in [-0.3, -0.25) is 0 Å². The van der Waals surface area contributed by atoms with Crippen LogP contribution in [0.5, 0.6) is 0 Å². The molecule has 1 aromatic heterocycles. The zero-order chi connectivity index (χ0) is 15.3. The summed E-state index contributed by atoms with van der Waals surface area (Å²) in [5.74, 6) is 0. The number of para-hydroxylation sites is 1. The summed E-state index contributed by atoms with van der Waals surface area (Å²) in [4.78, 5) is 4.59. The van der Waals surface area contributed by atoms with Crippen LogP contribution in [-0.2, 0) is 20.6 Å². The van der Waals surface area contributed by atoms with E-state index in [1.54, 1.807) is 0 Å². The fourth-order valence-electron chi connectivity index (χ4n) is 2.75. The number of rotatable bonds is 2. The van der Waals surface area contributed by atoms with Crippen molar-refractivity contribution in [2.75, 3.05) is 0 Å². The summed E-state index contributed by atoms with van der Waals surface area (Å²) < 4.78 is -0.234. The molecule has 1 aliphatic carbocycles. The summed E-state index contributed by atoms with van der Waals surface area (Å²) in [6, 6.07) is 10.4. The molecule has 1 unspecified atom stereocenters. The molecule has 0 spiro atoms. The van der Waals surface area contributed by atoms with Gasteiger partial charge in [0.15, 0.2) is 0 Å². The van der Waals surface area contributed by atoms with E-state index in [0.29, 0.717) is 0 Å². The predicted molar refractivity (Wildman–Crippen MR) is 88.6 cm³/mol. The molecule has 0 fully saturated rings. The molecule has 3 rings (SSSR count). The number of halogens is 3. The zero-order valence-corrected chi connectivity index (χ0v) is 17.7. The Labute approximate surface area is 164 Å². The number of allylic oxidation sites excluding steroid dienone is 4. The molecule has 0 N–H and O–H groups in total. The van der Waals surface area contributed by atoms with Gasteiger partial charge < -0.3 is 24.8 Å². The number of hydrogen-bond donors (Lipinski definition) is 0. The van der Waals surface area contributed by atoms with Crippen molar-refractivity contribution in [1.82, 2.24) is 4.98 Å². The summed E-state index contributed by atoms with van der Waals surface area (Å²) in [5, 5.41) is 2.45. The van der Waals surface area contributed by atoms with Gasteiger partial charge in [0.1, 0.15) is 0 Å². The van der Waals surface area contributed by atoms with E-state index in [9.17, 15) is 0 Å². The zero-order valence-electron chi connectivity index (χ0n) is 13.1. The Morgan fingerprint density at radius 2 is 1.78 bits per heavy atom. The van der Waals surface area contributed by atoms with Gasteiger partial charge in [-0.25, -0.2) is 0 Å². The van der Waals surface area contributed by atoms with Crippen LogP contribution in [0.25, 0.3) is 10.9 Å². The minimum absolute atomic E-state index is 0. The van der Waals surface area contributed by atoms with Crippen molar-refractivity contribution in [3.8, 4) is 0 Å². The van der Waals surface area contributed by atoms with Crippen molar-refractivity contribution in [3.05, 3.63) is 65.0 Å². The van der Waals surface area contributed by atoms with Crippen LogP contribution < -0.4 is 24.8 Å². The topological polar surface area (TPSA) is 12.9 Å². The van der Waals surface area contributed by atoms with Crippen molar-refractivity contribution >= 4 is 29.4 Å². The average Bonchev–Trinajstić information content (AvgIpc) is 2.75. The van der Waals surface area contributed by atoms with E-state index in [1.165, 1.54) is 21.7 Å². The first-order chi connectivity index (χ1) is 9.82. The van der Waals surface area contributed by atoms with Gasteiger partial charge in [0, 0.05) is 0 Å². The van der Waals surface area contributed by atoms with Crippen LogP contribution in [0.2, 0.25) is 13.1 Å². The molecule has 1 atom stereocenters. The van der Waals surface area contributed by atoms with E-state index >= 15 is 0 Å². The van der Waals surface area contributed by atoms with Crippen LogP contribution in [0, 0.1) is 0 Å². The molecule has 0 aliphatic heterocycles. The van der Waals surface area contributed by atoms with Crippen LogP contribution in [-0.4, -0.2) is 12.4 Å². The molecule has 0 bridgehead atoms. The normalized spacial score (nSPS) is 20.3. The third-order valence-corrected chi connectivity index (χ3v) is 7.38. The monoisotopic (exact) mass is 420 g/mol. The molecule has 23 heavy (non-hydrogen) atoms. The number of fused-ring (bicyclic) bond motifs is 1. The van der Waals surface area contributed by atoms with Crippen molar-refractivity contribution < 1.29 is 41.1 Å². The van der Waals surface area contributed by atoms with Crippen LogP contribution in [0.4, 0.5) is 0 Å². The molecule has 1 heterocycles. The van der Waals surface area contributed by atoms with Crippen LogP contribution in [0.15, 0.2) is 59.5 Å². The molecular weight excluding hydrogens is 405 g/mol. The smallest absolute Gasteiger partial charge is 1.00 e. The number of hydrogen-bond acceptors (Lipinski definition) is 1. The third kappa shape index (κ3) is 3.71. The van der Waals surface area contributed by atoms with Crippen LogP contribution >= 0.6 is 11.1 Å². The van der Waals surface area contributed by atoms with Crippen molar-refractivity contribution in [2.45, 2.75) is 24.3 Å². The summed E-state index contributed by atoms with van der Waals surface area (Å²) in [7, 11) is -1.84. The second-order valence-electron chi connectivity index (χ2n) is 6.02. The van der Waals surface area contributed by atoms with Gasteiger partial charge in [-0.15, -0.1) is 0 Å². The third-order valence-electron chi connectivity index (χ3n) is 4.04. The quantitative estimate of drug-likeness (QED) is 0.441. The van der Waals surface area contributed by atoms with Crippen molar-refractivity contribution in [3.63, 3.8) is 0 Å². The first-order valence-corrected chi connectivity index (χ1v) is 11.6. The Kier molecular flexibility index (Phi) is 6.61. The summed E-state index contributed by atoms with van der Waals surface area (Å²) in [5.41, 5.74) is 3.55. The van der Waals surface area contributed by atoms with Gasteiger partial charge in [0.05, 0.1) is 0 Å². The molecule has 6 heteroatoms. The van der Waals surface area contributed by atoms with Gasteiger partial charge in [0.2, 0.25) is 0 Å². The first-order valence-electron chi connectivity index (χ1n) is 6.98. The summed E-state index contributed by atoms with van der Waals surface area (Å²) >= 11 is 10.0. The second kappa shape index (κ2) is 7.31. The molecule has 0 saturated carbocycles. The molecule has 0 radical (unpaired) electrons. The maximum Gasteiger partial charge on any atom is -1.00 e. The number of benzene rings is 1. The Morgan fingerprint density at radius 1 is 1.13 bits per heavy atom. The number of pyridine rings is 1. The van der Waals surface area contributed by atoms with Crippen LogP contribution in [0.3, 0.4) is 0 Å².